The zero-order valence-corrected chi connectivity index (χ0v) is 11.9. The van der Waals surface area contributed by atoms with Crippen LogP contribution < -0.4 is 10.6 Å². The van der Waals surface area contributed by atoms with Crippen molar-refractivity contribution in [3.8, 4) is 0 Å². The maximum Gasteiger partial charge on any atom is 0.161 e. The Hall–Kier alpha value is -1.83. The highest BCUT2D eigenvalue weighted by Crippen LogP contribution is 2.30. The van der Waals surface area contributed by atoms with Crippen molar-refractivity contribution in [1.82, 2.24) is 9.97 Å². The van der Waals surface area contributed by atoms with Crippen molar-refractivity contribution < 1.29 is 13.2 Å². The molecule has 0 atom stereocenters. The number of anilines is 3. The van der Waals surface area contributed by atoms with Crippen LogP contribution in [0.2, 0.25) is 0 Å². The van der Waals surface area contributed by atoms with Gasteiger partial charge in [-0.1, -0.05) is 0 Å². The van der Waals surface area contributed by atoms with Gasteiger partial charge in [0.05, 0.1) is 5.69 Å². The fraction of sp³-hybridized carbons (Fsp3) is 0.167. The zero-order valence-electron chi connectivity index (χ0n) is 10.3. The van der Waals surface area contributed by atoms with E-state index in [9.17, 15) is 13.2 Å². The van der Waals surface area contributed by atoms with E-state index in [1.54, 1.807) is 0 Å². The fourth-order valence-electron chi connectivity index (χ4n) is 1.49. The van der Waals surface area contributed by atoms with Crippen LogP contribution in [0.5, 0.6) is 0 Å². The van der Waals surface area contributed by atoms with Crippen LogP contribution >= 0.6 is 15.9 Å². The molecule has 2 aromatic rings. The van der Waals surface area contributed by atoms with Gasteiger partial charge < -0.3 is 10.6 Å². The van der Waals surface area contributed by atoms with Crippen molar-refractivity contribution >= 4 is 33.3 Å². The monoisotopic (exact) mass is 346 g/mol. The predicted molar refractivity (Wildman–Crippen MR) is 73.5 cm³/mol. The highest BCUT2D eigenvalue weighted by atomic mass is 79.9. The third-order valence-corrected chi connectivity index (χ3v) is 3.15. The Balaban J connectivity index is 2.35. The predicted octanol–water partition coefficient (Wildman–Crippen LogP) is 3.83. The van der Waals surface area contributed by atoms with Gasteiger partial charge in [0.2, 0.25) is 0 Å². The molecule has 0 fully saturated rings. The summed E-state index contributed by atoms with van der Waals surface area (Å²) >= 11 is 3.26. The Bertz CT molecular complexity index is 636. The summed E-state index contributed by atoms with van der Waals surface area (Å²) in [7, 11) is 0. The van der Waals surface area contributed by atoms with Crippen LogP contribution in [0.1, 0.15) is 6.92 Å². The summed E-state index contributed by atoms with van der Waals surface area (Å²) < 4.78 is 40.0. The second-order valence-corrected chi connectivity index (χ2v) is 4.58. The Morgan fingerprint density at radius 3 is 2.40 bits per heavy atom. The molecule has 0 saturated carbocycles. The Labute approximate surface area is 121 Å². The summed E-state index contributed by atoms with van der Waals surface area (Å²) in [6.45, 7) is 2.52. The molecule has 0 aliphatic rings. The third-order valence-electron chi connectivity index (χ3n) is 2.40. The van der Waals surface area contributed by atoms with Gasteiger partial charge in [-0.05, 0) is 22.9 Å². The van der Waals surface area contributed by atoms with E-state index < -0.39 is 17.5 Å². The Morgan fingerprint density at radius 1 is 1.05 bits per heavy atom. The molecule has 0 bridgehead atoms. The lowest BCUT2D eigenvalue weighted by Crippen LogP contribution is -2.05. The second kappa shape index (κ2) is 6.08. The number of nitrogens with zero attached hydrogens (tertiary/aromatic N) is 2. The van der Waals surface area contributed by atoms with E-state index >= 15 is 0 Å². The Kier molecular flexibility index (Phi) is 4.43. The average Bonchev–Trinajstić information content (AvgIpc) is 2.40. The summed E-state index contributed by atoms with van der Waals surface area (Å²) in [5, 5.41) is 5.56. The smallest absolute Gasteiger partial charge is 0.161 e. The standard InChI is InChI=1S/C12H10BrF3N4/c1-2-17-11-10(13)12(19-5-18-11)20-9-4-7(15)6(14)3-8(9)16/h3-5H,2H2,1H3,(H2,17,18,19,20). The molecule has 2 N–H and O–H groups in total. The molecule has 106 valence electrons. The topological polar surface area (TPSA) is 49.8 Å². The van der Waals surface area contributed by atoms with E-state index in [4.69, 9.17) is 0 Å². The fourth-order valence-corrected chi connectivity index (χ4v) is 1.94. The molecule has 1 aromatic carbocycles. The molecule has 0 aliphatic carbocycles. The van der Waals surface area contributed by atoms with Crippen molar-refractivity contribution in [2.75, 3.05) is 17.2 Å². The van der Waals surface area contributed by atoms with Crippen LogP contribution in [0.25, 0.3) is 0 Å². The van der Waals surface area contributed by atoms with Crippen LogP contribution in [-0.4, -0.2) is 16.5 Å². The lowest BCUT2D eigenvalue weighted by Gasteiger charge is -2.11. The largest absolute Gasteiger partial charge is 0.369 e. The highest BCUT2D eigenvalue weighted by molar-refractivity contribution is 9.10. The van der Waals surface area contributed by atoms with Crippen molar-refractivity contribution in [3.05, 3.63) is 40.4 Å². The SMILES string of the molecule is CCNc1ncnc(Nc2cc(F)c(F)cc2F)c1Br. The van der Waals surface area contributed by atoms with Gasteiger partial charge in [0.15, 0.2) is 11.6 Å². The molecule has 1 heterocycles. The molecule has 0 aliphatic heterocycles. The summed E-state index contributed by atoms with van der Waals surface area (Å²) in [5.74, 6) is -2.57. The van der Waals surface area contributed by atoms with E-state index in [0.717, 1.165) is 6.07 Å². The first-order chi connectivity index (χ1) is 9.52. The van der Waals surface area contributed by atoms with Crippen molar-refractivity contribution in [1.29, 1.82) is 0 Å². The molecule has 0 spiro atoms. The molecule has 20 heavy (non-hydrogen) atoms. The molecular weight excluding hydrogens is 337 g/mol. The van der Waals surface area contributed by atoms with E-state index in [1.807, 2.05) is 6.92 Å². The Morgan fingerprint density at radius 2 is 1.70 bits per heavy atom. The quantitative estimate of drug-likeness (QED) is 0.826. The summed E-state index contributed by atoms with van der Waals surface area (Å²) in [5.41, 5.74) is -0.217. The van der Waals surface area contributed by atoms with Gasteiger partial charge in [-0.25, -0.2) is 23.1 Å². The summed E-state index contributed by atoms with van der Waals surface area (Å²) in [6.07, 6.45) is 1.27. The van der Waals surface area contributed by atoms with Gasteiger partial charge in [0, 0.05) is 18.7 Å². The molecule has 0 amide bonds. The summed E-state index contributed by atoms with van der Waals surface area (Å²) in [4.78, 5) is 7.91. The first-order valence-corrected chi connectivity index (χ1v) is 6.48. The first kappa shape index (κ1) is 14.6. The first-order valence-electron chi connectivity index (χ1n) is 5.68. The number of aromatic nitrogens is 2. The second-order valence-electron chi connectivity index (χ2n) is 3.79. The minimum absolute atomic E-state index is 0.217. The zero-order chi connectivity index (χ0) is 14.7. The van der Waals surface area contributed by atoms with Crippen LogP contribution in [0.15, 0.2) is 22.9 Å². The minimum Gasteiger partial charge on any atom is -0.369 e. The lowest BCUT2D eigenvalue weighted by atomic mass is 10.3. The number of nitrogens with one attached hydrogen (secondary N) is 2. The number of halogens is 4. The number of benzene rings is 1. The van der Waals surface area contributed by atoms with Crippen LogP contribution in [0.3, 0.4) is 0 Å². The van der Waals surface area contributed by atoms with Gasteiger partial charge >= 0.3 is 0 Å². The number of hydrogen-bond acceptors (Lipinski definition) is 4. The van der Waals surface area contributed by atoms with Gasteiger partial charge in [-0.2, -0.15) is 0 Å². The molecule has 1 aromatic heterocycles. The highest BCUT2D eigenvalue weighted by Gasteiger charge is 2.13. The molecule has 8 heteroatoms. The molecular formula is C12H10BrF3N4. The number of hydrogen-bond donors (Lipinski definition) is 2. The molecule has 0 radical (unpaired) electrons. The van der Waals surface area contributed by atoms with Crippen molar-refractivity contribution in [2.24, 2.45) is 0 Å². The third kappa shape index (κ3) is 3.01. The van der Waals surface area contributed by atoms with Crippen LogP contribution in [0.4, 0.5) is 30.5 Å². The van der Waals surface area contributed by atoms with Gasteiger partial charge in [-0.3, -0.25) is 0 Å². The summed E-state index contributed by atoms with van der Waals surface area (Å²) in [6, 6.07) is 1.20. The van der Waals surface area contributed by atoms with Crippen LogP contribution in [0, 0.1) is 17.5 Å². The maximum absolute atomic E-state index is 13.6. The molecule has 0 saturated heterocycles. The van der Waals surface area contributed by atoms with E-state index in [-0.39, 0.29) is 11.5 Å². The maximum atomic E-state index is 13.6. The van der Waals surface area contributed by atoms with Crippen molar-refractivity contribution in [2.45, 2.75) is 6.92 Å². The van der Waals surface area contributed by atoms with Gasteiger partial charge in [-0.15, -0.1) is 0 Å². The van der Waals surface area contributed by atoms with E-state index in [1.165, 1.54) is 6.33 Å². The van der Waals surface area contributed by atoms with Gasteiger partial charge in [0.1, 0.15) is 28.3 Å². The van der Waals surface area contributed by atoms with E-state index in [0.29, 0.717) is 22.9 Å². The lowest BCUT2D eigenvalue weighted by molar-refractivity contribution is 0.496. The minimum atomic E-state index is -1.25. The number of rotatable bonds is 4. The average molecular weight is 347 g/mol. The van der Waals surface area contributed by atoms with E-state index in [2.05, 4.69) is 36.5 Å². The molecule has 2 rings (SSSR count). The van der Waals surface area contributed by atoms with Gasteiger partial charge in [0.25, 0.3) is 0 Å². The normalized spacial score (nSPS) is 10.4. The molecule has 4 nitrogen and oxygen atoms in total. The van der Waals surface area contributed by atoms with Crippen LogP contribution in [-0.2, 0) is 0 Å². The van der Waals surface area contributed by atoms with Crippen molar-refractivity contribution in [3.63, 3.8) is 0 Å². The molecule has 0 unspecified atom stereocenters.